The van der Waals surface area contributed by atoms with Crippen molar-refractivity contribution < 1.29 is 18.4 Å². The van der Waals surface area contributed by atoms with E-state index in [-0.39, 0.29) is 17.0 Å². The third-order valence-corrected chi connectivity index (χ3v) is 4.71. The Morgan fingerprint density at radius 2 is 1.34 bits per heavy atom. The summed E-state index contributed by atoms with van der Waals surface area (Å²) in [7, 11) is 0. The maximum absolute atomic E-state index is 13.4. The van der Waals surface area contributed by atoms with Crippen molar-refractivity contribution in [2.45, 2.75) is 6.92 Å². The predicted octanol–water partition coefficient (Wildman–Crippen LogP) is 4.67. The second-order valence-electron chi connectivity index (χ2n) is 6.62. The molecule has 29 heavy (non-hydrogen) atoms. The summed E-state index contributed by atoms with van der Waals surface area (Å²) < 4.78 is 26.7. The van der Waals surface area contributed by atoms with Gasteiger partial charge in [0.15, 0.2) is 0 Å². The minimum atomic E-state index is -0.566. The molecule has 1 heterocycles. The molecule has 0 fully saturated rings. The Hall–Kier alpha value is -3.80. The van der Waals surface area contributed by atoms with Crippen LogP contribution in [0.1, 0.15) is 11.1 Å². The molecule has 0 atom stereocenters. The molecule has 0 spiro atoms. The number of imide groups is 1. The summed E-state index contributed by atoms with van der Waals surface area (Å²) in [6.45, 7) is 1.87. The molecule has 3 aromatic rings. The van der Waals surface area contributed by atoms with Crippen LogP contribution in [0.15, 0.2) is 78.5 Å². The van der Waals surface area contributed by atoms with Crippen molar-refractivity contribution in [1.82, 2.24) is 0 Å². The zero-order chi connectivity index (χ0) is 20.5. The van der Waals surface area contributed by atoms with Gasteiger partial charge >= 0.3 is 0 Å². The van der Waals surface area contributed by atoms with Crippen LogP contribution in [0.3, 0.4) is 0 Å². The highest BCUT2D eigenvalue weighted by Crippen LogP contribution is 2.34. The van der Waals surface area contributed by atoms with Crippen LogP contribution in [0.4, 0.5) is 20.2 Å². The highest BCUT2D eigenvalue weighted by atomic mass is 19.1. The number of halogens is 2. The average molecular weight is 390 g/mol. The Labute approximate surface area is 166 Å². The first kappa shape index (κ1) is 18.6. The zero-order valence-electron chi connectivity index (χ0n) is 15.4. The molecule has 1 aliphatic rings. The van der Waals surface area contributed by atoms with Crippen LogP contribution in [0.2, 0.25) is 0 Å². The first-order valence-electron chi connectivity index (χ1n) is 8.93. The van der Waals surface area contributed by atoms with E-state index in [0.717, 1.165) is 10.5 Å². The second kappa shape index (κ2) is 7.31. The monoisotopic (exact) mass is 390 g/mol. The molecule has 0 bridgehead atoms. The molecule has 4 nitrogen and oxygen atoms in total. The number of carbonyl (C=O) groups excluding carboxylic acids is 2. The predicted molar refractivity (Wildman–Crippen MR) is 107 cm³/mol. The molecule has 1 N–H and O–H groups in total. The minimum Gasteiger partial charge on any atom is -0.350 e. The number of rotatable bonds is 4. The van der Waals surface area contributed by atoms with Gasteiger partial charge < -0.3 is 5.32 Å². The molecule has 4 rings (SSSR count). The van der Waals surface area contributed by atoms with Gasteiger partial charge in [0.25, 0.3) is 11.8 Å². The van der Waals surface area contributed by atoms with Crippen LogP contribution in [-0.4, -0.2) is 11.8 Å². The fraction of sp³-hybridized carbons (Fsp3) is 0.0435. The molecule has 0 aliphatic carbocycles. The van der Waals surface area contributed by atoms with Crippen LogP contribution >= 0.6 is 0 Å². The van der Waals surface area contributed by atoms with Gasteiger partial charge in [0.05, 0.1) is 11.3 Å². The summed E-state index contributed by atoms with van der Waals surface area (Å²) in [6, 6.07) is 17.8. The number of nitrogens with zero attached hydrogens (tertiary/aromatic N) is 1. The fourth-order valence-electron chi connectivity index (χ4n) is 3.20. The molecule has 1 aliphatic heterocycles. The summed E-state index contributed by atoms with van der Waals surface area (Å²) in [6.07, 6.45) is 0. The molecule has 0 unspecified atom stereocenters. The van der Waals surface area contributed by atoms with Crippen molar-refractivity contribution in [3.63, 3.8) is 0 Å². The number of hydrogen-bond donors (Lipinski definition) is 1. The summed E-state index contributed by atoms with van der Waals surface area (Å²) in [5.74, 6) is -2.05. The highest BCUT2D eigenvalue weighted by Gasteiger charge is 2.40. The van der Waals surface area contributed by atoms with Crippen molar-refractivity contribution in [3.05, 3.63) is 101 Å². The van der Waals surface area contributed by atoms with E-state index in [4.69, 9.17) is 0 Å². The summed E-state index contributed by atoms with van der Waals surface area (Å²) in [5, 5.41) is 3.06. The maximum atomic E-state index is 13.4. The van der Waals surface area contributed by atoms with Crippen LogP contribution in [0.5, 0.6) is 0 Å². The topological polar surface area (TPSA) is 49.4 Å². The van der Waals surface area contributed by atoms with E-state index in [1.165, 1.54) is 48.5 Å². The molecular weight excluding hydrogens is 374 g/mol. The lowest BCUT2D eigenvalue weighted by Gasteiger charge is -2.15. The van der Waals surface area contributed by atoms with Gasteiger partial charge in [0.2, 0.25) is 0 Å². The Morgan fingerprint density at radius 3 is 1.97 bits per heavy atom. The molecule has 0 saturated heterocycles. The number of hydrogen-bond acceptors (Lipinski definition) is 3. The number of amides is 2. The van der Waals surface area contributed by atoms with E-state index in [9.17, 15) is 18.4 Å². The average Bonchev–Trinajstić information content (AvgIpc) is 2.95. The van der Waals surface area contributed by atoms with E-state index in [2.05, 4.69) is 5.32 Å². The third-order valence-electron chi connectivity index (χ3n) is 4.71. The molecular formula is C23H16F2N2O2. The van der Waals surface area contributed by atoms with E-state index >= 15 is 0 Å². The van der Waals surface area contributed by atoms with Crippen molar-refractivity contribution in [3.8, 4) is 0 Å². The second-order valence-corrected chi connectivity index (χ2v) is 6.62. The number of benzene rings is 3. The normalized spacial score (nSPS) is 14.0. The molecule has 0 radical (unpaired) electrons. The lowest BCUT2D eigenvalue weighted by molar-refractivity contribution is -0.120. The number of aryl methyl sites for hydroxylation is 1. The van der Waals surface area contributed by atoms with Crippen LogP contribution in [0.25, 0.3) is 5.57 Å². The van der Waals surface area contributed by atoms with Gasteiger partial charge in [-0.1, -0.05) is 30.3 Å². The minimum absolute atomic E-state index is 0.0835. The van der Waals surface area contributed by atoms with E-state index in [1.807, 2.05) is 25.1 Å². The van der Waals surface area contributed by atoms with Crippen molar-refractivity contribution in [2.75, 3.05) is 10.2 Å². The standard InChI is InChI=1S/C23H16F2N2O2/c1-14-4-2-3-5-19(14)26-21-20(15-6-8-16(24)9-7-15)22(28)27(23(21)29)18-12-10-17(25)11-13-18/h2-13,26H,1H3. The van der Waals surface area contributed by atoms with Gasteiger partial charge in [0, 0.05) is 5.69 Å². The SMILES string of the molecule is Cc1ccccc1NC1=C(c2ccc(F)cc2)C(=O)N(c2ccc(F)cc2)C1=O. The Bertz CT molecular complexity index is 1140. The van der Waals surface area contributed by atoms with Crippen LogP contribution < -0.4 is 10.2 Å². The third kappa shape index (κ3) is 3.40. The summed E-state index contributed by atoms with van der Waals surface area (Å²) in [5.41, 5.74) is 2.43. The quantitative estimate of drug-likeness (QED) is 0.659. The lowest BCUT2D eigenvalue weighted by Crippen LogP contribution is -2.32. The van der Waals surface area contributed by atoms with Gasteiger partial charge in [-0.15, -0.1) is 0 Å². The van der Waals surface area contributed by atoms with Crippen molar-refractivity contribution in [1.29, 1.82) is 0 Å². The van der Waals surface area contributed by atoms with Gasteiger partial charge in [-0.2, -0.15) is 0 Å². The first-order chi connectivity index (χ1) is 14.0. The summed E-state index contributed by atoms with van der Waals surface area (Å²) >= 11 is 0. The van der Waals surface area contributed by atoms with Gasteiger partial charge in [-0.25, -0.2) is 13.7 Å². The fourth-order valence-corrected chi connectivity index (χ4v) is 3.20. The highest BCUT2D eigenvalue weighted by molar-refractivity contribution is 6.46. The van der Waals surface area contributed by atoms with Crippen molar-refractivity contribution >= 4 is 28.8 Å². The smallest absolute Gasteiger partial charge is 0.282 e. The van der Waals surface area contributed by atoms with Crippen molar-refractivity contribution in [2.24, 2.45) is 0 Å². The van der Waals surface area contributed by atoms with E-state index < -0.39 is 23.4 Å². The van der Waals surface area contributed by atoms with Crippen LogP contribution in [-0.2, 0) is 9.59 Å². The molecule has 3 aromatic carbocycles. The number of carbonyl (C=O) groups is 2. The van der Waals surface area contributed by atoms with E-state index in [0.29, 0.717) is 11.3 Å². The Kier molecular flexibility index (Phi) is 4.68. The molecule has 2 amide bonds. The molecule has 144 valence electrons. The number of nitrogens with one attached hydrogen (secondary N) is 1. The molecule has 0 saturated carbocycles. The molecule has 6 heteroatoms. The van der Waals surface area contributed by atoms with E-state index in [1.54, 1.807) is 6.07 Å². The Morgan fingerprint density at radius 1 is 0.759 bits per heavy atom. The number of anilines is 2. The maximum Gasteiger partial charge on any atom is 0.282 e. The van der Waals surface area contributed by atoms with Gasteiger partial charge in [0.1, 0.15) is 17.3 Å². The summed E-state index contributed by atoms with van der Waals surface area (Å²) in [4.78, 5) is 27.4. The number of para-hydroxylation sites is 1. The molecule has 0 aromatic heterocycles. The van der Waals surface area contributed by atoms with Crippen LogP contribution in [0, 0.1) is 18.6 Å². The zero-order valence-corrected chi connectivity index (χ0v) is 15.4. The lowest BCUT2D eigenvalue weighted by atomic mass is 10.0. The largest absolute Gasteiger partial charge is 0.350 e. The van der Waals surface area contributed by atoms with Gasteiger partial charge in [-0.05, 0) is 60.5 Å². The first-order valence-corrected chi connectivity index (χ1v) is 8.93. The Balaban J connectivity index is 1.83. The van der Waals surface area contributed by atoms with Gasteiger partial charge in [-0.3, -0.25) is 9.59 Å².